The summed E-state index contributed by atoms with van der Waals surface area (Å²) in [5.74, 6) is -0.709. The number of anilines is 1. The number of nitro benzene ring substituents is 1. The molecule has 0 saturated carbocycles. The number of aliphatic carboxylic acids is 1. The van der Waals surface area contributed by atoms with Crippen molar-refractivity contribution >= 4 is 17.3 Å². The fourth-order valence-electron chi connectivity index (χ4n) is 1.92. The summed E-state index contributed by atoms with van der Waals surface area (Å²) >= 11 is 0. The Morgan fingerprint density at radius 1 is 1.55 bits per heavy atom. The third-order valence-electron chi connectivity index (χ3n) is 3.03. The highest BCUT2D eigenvalue weighted by atomic mass is 16.6. The van der Waals surface area contributed by atoms with Crippen molar-refractivity contribution in [1.29, 1.82) is 0 Å². The van der Waals surface area contributed by atoms with Gasteiger partial charge in [-0.15, -0.1) is 0 Å². The third-order valence-corrected chi connectivity index (χ3v) is 3.03. The molecule has 7 nitrogen and oxygen atoms in total. The van der Waals surface area contributed by atoms with E-state index in [2.05, 4.69) is 5.32 Å². The zero-order valence-electron chi connectivity index (χ0n) is 11.7. The Bertz CT molecular complexity index is 517. The number of nitrogens with one attached hydrogen (secondary N) is 1. The highest BCUT2D eigenvalue weighted by Gasteiger charge is 2.34. The normalized spacial score (nSPS) is 13.3. The van der Waals surface area contributed by atoms with Gasteiger partial charge in [0.15, 0.2) is 0 Å². The molecule has 0 fully saturated rings. The van der Waals surface area contributed by atoms with Gasteiger partial charge in [-0.05, 0) is 25.5 Å². The number of nitrogens with zero attached hydrogens (tertiary/aromatic N) is 1. The summed E-state index contributed by atoms with van der Waals surface area (Å²) in [6, 6.07) is 4.26. The number of hydrogen-bond acceptors (Lipinski definition) is 5. The molecule has 1 atom stereocenters. The summed E-state index contributed by atoms with van der Waals surface area (Å²) in [4.78, 5) is 21.9. The van der Waals surface area contributed by atoms with E-state index in [4.69, 9.17) is 4.74 Å². The number of rotatable bonds is 7. The Morgan fingerprint density at radius 2 is 2.20 bits per heavy atom. The van der Waals surface area contributed by atoms with Gasteiger partial charge in [0.05, 0.1) is 18.1 Å². The van der Waals surface area contributed by atoms with Crippen LogP contribution in [0, 0.1) is 10.1 Å². The Balaban J connectivity index is 3.19. The number of carbonyl (C=O) groups is 1. The predicted octanol–water partition coefficient (Wildman–Crippen LogP) is 2.66. The van der Waals surface area contributed by atoms with Crippen molar-refractivity contribution in [2.45, 2.75) is 32.2 Å². The van der Waals surface area contributed by atoms with Crippen molar-refractivity contribution in [2.75, 3.05) is 12.4 Å². The highest BCUT2D eigenvalue weighted by molar-refractivity contribution is 5.83. The van der Waals surface area contributed by atoms with E-state index in [1.54, 1.807) is 6.07 Å². The van der Waals surface area contributed by atoms with E-state index in [-0.39, 0.29) is 11.4 Å². The topological polar surface area (TPSA) is 102 Å². The van der Waals surface area contributed by atoms with Gasteiger partial charge in [-0.1, -0.05) is 13.3 Å². The standard InChI is InChI=1S/C13H18N2O5/c1-4-7-13(2,12(16)17)14-10-6-5-9(20-3)8-11(10)15(18)19/h5-6,8,14H,4,7H2,1-3H3,(H,16,17). The number of carboxylic acid groups (broad SMARTS) is 1. The second-order valence-electron chi connectivity index (χ2n) is 4.65. The lowest BCUT2D eigenvalue weighted by Gasteiger charge is -2.26. The van der Waals surface area contributed by atoms with Gasteiger partial charge in [0, 0.05) is 0 Å². The van der Waals surface area contributed by atoms with Crippen LogP contribution in [0.5, 0.6) is 5.75 Å². The van der Waals surface area contributed by atoms with Gasteiger partial charge < -0.3 is 15.2 Å². The fraction of sp³-hybridized carbons (Fsp3) is 0.462. The van der Waals surface area contributed by atoms with Crippen LogP contribution in [-0.4, -0.2) is 28.6 Å². The van der Waals surface area contributed by atoms with Gasteiger partial charge in [-0.25, -0.2) is 4.79 Å². The highest BCUT2D eigenvalue weighted by Crippen LogP contribution is 2.32. The van der Waals surface area contributed by atoms with E-state index < -0.39 is 16.4 Å². The van der Waals surface area contributed by atoms with Gasteiger partial charge in [0.25, 0.3) is 5.69 Å². The zero-order chi connectivity index (χ0) is 15.3. The molecular formula is C13H18N2O5. The van der Waals surface area contributed by atoms with E-state index >= 15 is 0 Å². The van der Waals surface area contributed by atoms with Gasteiger partial charge in [0.1, 0.15) is 17.0 Å². The average Bonchev–Trinajstić information content (AvgIpc) is 2.39. The van der Waals surface area contributed by atoms with E-state index in [0.717, 1.165) is 0 Å². The lowest BCUT2D eigenvalue weighted by molar-refractivity contribution is -0.384. The van der Waals surface area contributed by atoms with E-state index in [1.165, 1.54) is 26.2 Å². The molecule has 0 aliphatic heterocycles. The zero-order valence-corrected chi connectivity index (χ0v) is 11.7. The first-order valence-electron chi connectivity index (χ1n) is 6.18. The molecule has 0 spiro atoms. The van der Waals surface area contributed by atoms with E-state index in [0.29, 0.717) is 18.6 Å². The smallest absolute Gasteiger partial charge is 0.329 e. The molecule has 0 saturated heterocycles. The maximum atomic E-state index is 11.4. The molecule has 20 heavy (non-hydrogen) atoms. The van der Waals surface area contributed by atoms with Crippen LogP contribution < -0.4 is 10.1 Å². The molecule has 7 heteroatoms. The Morgan fingerprint density at radius 3 is 2.65 bits per heavy atom. The molecule has 0 heterocycles. The van der Waals surface area contributed by atoms with Crippen LogP contribution in [0.15, 0.2) is 18.2 Å². The second-order valence-corrected chi connectivity index (χ2v) is 4.65. The van der Waals surface area contributed by atoms with Gasteiger partial charge in [-0.3, -0.25) is 10.1 Å². The first-order chi connectivity index (χ1) is 9.34. The van der Waals surface area contributed by atoms with Crippen LogP contribution in [0.3, 0.4) is 0 Å². The first-order valence-corrected chi connectivity index (χ1v) is 6.18. The SMILES string of the molecule is CCCC(C)(Nc1ccc(OC)cc1[N+](=O)[O-])C(=O)O. The monoisotopic (exact) mass is 282 g/mol. The lowest BCUT2D eigenvalue weighted by atomic mass is 9.95. The number of nitro groups is 1. The average molecular weight is 282 g/mol. The Hall–Kier alpha value is -2.31. The summed E-state index contributed by atoms with van der Waals surface area (Å²) < 4.78 is 4.94. The van der Waals surface area contributed by atoms with E-state index in [1.807, 2.05) is 6.92 Å². The Kier molecular flexibility index (Phi) is 4.90. The quantitative estimate of drug-likeness (QED) is 0.589. The summed E-state index contributed by atoms with van der Waals surface area (Å²) in [7, 11) is 1.41. The largest absolute Gasteiger partial charge is 0.496 e. The van der Waals surface area contributed by atoms with Gasteiger partial charge >= 0.3 is 5.97 Å². The molecular weight excluding hydrogens is 264 g/mol. The van der Waals surface area contributed by atoms with Crippen molar-refractivity contribution in [2.24, 2.45) is 0 Å². The van der Waals surface area contributed by atoms with Crippen LogP contribution in [0.4, 0.5) is 11.4 Å². The van der Waals surface area contributed by atoms with Crippen molar-refractivity contribution < 1.29 is 19.6 Å². The summed E-state index contributed by atoms with van der Waals surface area (Å²) in [6.07, 6.45) is 0.991. The van der Waals surface area contributed by atoms with Crippen LogP contribution >= 0.6 is 0 Å². The summed E-state index contributed by atoms with van der Waals surface area (Å²) in [6.45, 7) is 3.36. The number of hydrogen-bond donors (Lipinski definition) is 2. The molecule has 1 aromatic carbocycles. The number of benzene rings is 1. The van der Waals surface area contributed by atoms with Gasteiger partial charge in [0.2, 0.25) is 0 Å². The molecule has 0 aromatic heterocycles. The number of ether oxygens (including phenoxy) is 1. The minimum Gasteiger partial charge on any atom is -0.496 e. The molecule has 0 radical (unpaired) electrons. The summed E-state index contributed by atoms with van der Waals surface area (Å²) in [5, 5.41) is 23.1. The number of carboxylic acids is 1. The minimum absolute atomic E-state index is 0.161. The molecule has 1 rings (SSSR count). The van der Waals surface area contributed by atoms with Crippen molar-refractivity contribution in [3.8, 4) is 5.75 Å². The molecule has 0 amide bonds. The van der Waals surface area contributed by atoms with Crippen LogP contribution in [0.1, 0.15) is 26.7 Å². The lowest BCUT2D eigenvalue weighted by Crippen LogP contribution is -2.43. The van der Waals surface area contributed by atoms with Crippen molar-refractivity contribution in [1.82, 2.24) is 0 Å². The predicted molar refractivity (Wildman–Crippen MR) is 74.2 cm³/mol. The molecule has 2 N–H and O–H groups in total. The van der Waals surface area contributed by atoms with Crippen molar-refractivity contribution in [3.63, 3.8) is 0 Å². The van der Waals surface area contributed by atoms with Crippen LogP contribution in [-0.2, 0) is 4.79 Å². The second kappa shape index (κ2) is 6.23. The molecule has 1 unspecified atom stereocenters. The van der Waals surface area contributed by atoms with Crippen LogP contribution in [0.25, 0.3) is 0 Å². The molecule has 0 aliphatic rings. The van der Waals surface area contributed by atoms with E-state index in [9.17, 15) is 20.0 Å². The van der Waals surface area contributed by atoms with Crippen LogP contribution in [0.2, 0.25) is 0 Å². The fourth-order valence-corrected chi connectivity index (χ4v) is 1.92. The number of methoxy groups -OCH3 is 1. The molecule has 110 valence electrons. The first kappa shape index (κ1) is 15.7. The summed E-state index contributed by atoms with van der Waals surface area (Å²) in [5.41, 5.74) is -1.31. The molecule has 1 aromatic rings. The molecule has 0 bridgehead atoms. The Labute approximate surface area is 116 Å². The van der Waals surface area contributed by atoms with Gasteiger partial charge in [-0.2, -0.15) is 0 Å². The maximum absolute atomic E-state index is 11.4. The maximum Gasteiger partial charge on any atom is 0.329 e. The van der Waals surface area contributed by atoms with Crippen molar-refractivity contribution in [3.05, 3.63) is 28.3 Å². The third kappa shape index (κ3) is 3.37. The molecule has 0 aliphatic carbocycles. The minimum atomic E-state index is -1.26.